The molecule has 0 amide bonds. The van der Waals surface area contributed by atoms with Gasteiger partial charge >= 0.3 is 0 Å². The first kappa shape index (κ1) is 34.1. The fourth-order valence-electron chi connectivity index (χ4n) is 6.83. The number of nitrogens with zero attached hydrogens (tertiary/aromatic N) is 4. The second kappa shape index (κ2) is 14.2. The minimum Gasteiger partial charge on any atom is -0.491 e. The lowest BCUT2D eigenvalue weighted by molar-refractivity contribution is 0.0986. The number of aromatic nitrogens is 4. The Kier molecular flexibility index (Phi) is 9.30. The van der Waals surface area contributed by atoms with E-state index in [1.165, 1.54) is 0 Å². The van der Waals surface area contributed by atoms with Crippen molar-refractivity contribution in [3.63, 3.8) is 0 Å². The van der Waals surface area contributed by atoms with Gasteiger partial charge in [0.1, 0.15) is 24.7 Å². The Morgan fingerprint density at radius 2 is 0.904 bits per heavy atom. The second-order valence-electron chi connectivity index (χ2n) is 12.5. The first-order chi connectivity index (χ1) is 25.4. The van der Waals surface area contributed by atoms with E-state index < -0.39 is 21.7 Å². The molecule has 0 fully saturated rings. The van der Waals surface area contributed by atoms with Gasteiger partial charge in [-0.25, -0.2) is 0 Å². The molecule has 0 bridgehead atoms. The van der Waals surface area contributed by atoms with Crippen LogP contribution in [0.4, 0.5) is 0 Å². The summed E-state index contributed by atoms with van der Waals surface area (Å²) in [6.45, 7) is 6.38. The first-order valence-corrected chi connectivity index (χ1v) is 18.7. The van der Waals surface area contributed by atoms with Crippen LogP contribution in [0.1, 0.15) is 39.5 Å². The van der Waals surface area contributed by atoms with Crippen LogP contribution in [0, 0.1) is 0 Å². The predicted octanol–water partition coefficient (Wildman–Crippen LogP) is 6.17. The summed E-state index contributed by atoms with van der Waals surface area (Å²) < 4.78 is 40.7. The van der Waals surface area contributed by atoms with E-state index >= 15 is 0 Å². The third-order valence-electron chi connectivity index (χ3n) is 9.34. The fourth-order valence-corrected chi connectivity index (χ4v) is 7.92. The molecule has 0 saturated carbocycles. The molecule has 0 aliphatic carbocycles. The van der Waals surface area contributed by atoms with Crippen molar-refractivity contribution >= 4 is 99.4 Å². The summed E-state index contributed by atoms with van der Waals surface area (Å²) >= 11 is 1.58. The smallest absolute Gasteiger partial charge is 0.216 e. The van der Waals surface area contributed by atoms with Crippen molar-refractivity contribution in [2.75, 3.05) is 39.6 Å². The molecule has 0 radical (unpaired) electrons. The molecule has 6 aromatic carbocycles. The molecule has 264 valence electrons. The van der Waals surface area contributed by atoms with Crippen molar-refractivity contribution in [2.24, 2.45) is 0 Å². The Hall–Kier alpha value is -5.02. The highest BCUT2D eigenvalue weighted by atomic mass is 32.1. The van der Waals surface area contributed by atoms with Crippen molar-refractivity contribution in [3.05, 3.63) is 77.3 Å². The highest BCUT2D eigenvalue weighted by Crippen LogP contribution is 2.43. The SMILES string of the molecule is CCCCOCCOc1cc2c(=O)c3nsnc3c(=O)c2c2c1ccc1ccc3c(OCCOCCCC)cc4c(=O)c5nsnc5c(=O)c4c3c12. The van der Waals surface area contributed by atoms with Crippen LogP contribution in [0.2, 0.25) is 0 Å². The van der Waals surface area contributed by atoms with Crippen molar-refractivity contribution < 1.29 is 18.9 Å². The van der Waals surface area contributed by atoms with E-state index in [0.29, 0.717) is 70.2 Å². The number of hydrogen-bond donors (Lipinski definition) is 0. The van der Waals surface area contributed by atoms with Gasteiger partial charge in [-0.3, -0.25) is 19.2 Å². The largest absolute Gasteiger partial charge is 0.491 e. The van der Waals surface area contributed by atoms with Gasteiger partial charge < -0.3 is 18.9 Å². The van der Waals surface area contributed by atoms with Crippen LogP contribution >= 0.6 is 23.5 Å². The zero-order chi connectivity index (χ0) is 35.9. The second-order valence-corrected chi connectivity index (χ2v) is 13.6. The molecule has 2 aromatic heterocycles. The van der Waals surface area contributed by atoms with Gasteiger partial charge in [0.15, 0.2) is 22.1 Å². The van der Waals surface area contributed by atoms with Crippen LogP contribution < -0.4 is 31.2 Å². The van der Waals surface area contributed by atoms with Crippen LogP contribution in [0.3, 0.4) is 0 Å². The van der Waals surface area contributed by atoms with E-state index in [2.05, 4.69) is 31.3 Å². The van der Waals surface area contributed by atoms with Crippen molar-refractivity contribution in [2.45, 2.75) is 39.5 Å². The van der Waals surface area contributed by atoms with Crippen molar-refractivity contribution in [3.8, 4) is 11.5 Å². The molecular formula is C38H32N4O8S2. The Balaban J connectivity index is 1.49. The summed E-state index contributed by atoms with van der Waals surface area (Å²) in [5.74, 6) is 0.719. The molecule has 0 saturated heterocycles. The zero-order valence-electron chi connectivity index (χ0n) is 28.4. The quantitative estimate of drug-likeness (QED) is 0.0926. The van der Waals surface area contributed by atoms with Crippen LogP contribution in [0.5, 0.6) is 11.5 Å². The standard InChI is InChI=1S/C38H32N4O8S2/c1-3-5-11-47-13-15-49-24-17-22-29(37(45)33-31(35(22)43)39-51-41-33)27-20(24)9-7-19-8-10-21-25(50-16-14-48-12-6-4-2)18-23-30(28(21)26(19)27)38(46)34-32(36(23)44)40-52-42-34/h7-10,17-18H,3-6,11-16H2,1-2H3. The summed E-state index contributed by atoms with van der Waals surface area (Å²) in [5, 5.41) is 3.48. The Labute approximate surface area is 302 Å². The topological polar surface area (TPSA) is 157 Å². The van der Waals surface area contributed by atoms with Crippen LogP contribution in [-0.2, 0) is 9.47 Å². The van der Waals surface area contributed by atoms with E-state index in [-0.39, 0.29) is 56.8 Å². The number of hydrogen-bond acceptors (Lipinski definition) is 14. The first-order valence-electron chi connectivity index (χ1n) is 17.2. The number of rotatable bonds is 14. The number of fused-ring (bicyclic) bond motifs is 11. The van der Waals surface area contributed by atoms with E-state index in [1.54, 1.807) is 12.1 Å². The highest BCUT2D eigenvalue weighted by molar-refractivity contribution is 7.00. The Morgan fingerprint density at radius 3 is 1.33 bits per heavy atom. The van der Waals surface area contributed by atoms with Crippen LogP contribution in [-0.4, -0.2) is 57.1 Å². The van der Waals surface area contributed by atoms with Gasteiger partial charge in [0, 0.05) is 56.3 Å². The monoisotopic (exact) mass is 736 g/mol. The molecule has 8 rings (SSSR count). The lowest BCUT2D eigenvalue weighted by Gasteiger charge is -2.17. The van der Waals surface area contributed by atoms with Gasteiger partial charge in [0.05, 0.1) is 36.7 Å². The summed E-state index contributed by atoms with van der Waals surface area (Å²) in [6.07, 6.45) is 3.84. The average molecular weight is 737 g/mol. The van der Waals surface area contributed by atoms with Gasteiger partial charge in [0.25, 0.3) is 0 Å². The molecule has 0 atom stereocenters. The summed E-state index contributed by atoms with van der Waals surface area (Å²) in [4.78, 5) is 56.7. The Morgan fingerprint density at radius 1 is 0.481 bits per heavy atom. The minimum absolute atomic E-state index is 0.0145. The number of unbranched alkanes of at least 4 members (excludes halogenated alkanes) is 2. The van der Waals surface area contributed by atoms with E-state index in [1.807, 2.05) is 24.3 Å². The summed E-state index contributed by atoms with van der Waals surface area (Å²) in [7, 11) is 0. The minimum atomic E-state index is -0.471. The maximum absolute atomic E-state index is 14.3. The molecule has 14 heteroatoms. The maximum atomic E-state index is 14.3. The third-order valence-corrected chi connectivity index (χ3v) is 10.4. The highest BCUT2D eigenvalue weighted by Gasteiger charge is 2.25. The third kappa shape index (κ3) is 5.57. The molecule has 8 aromatic rings. The average Bonchev–Trinajstić information content (AvgIpc) is 3.86. The summed E-state index contributed by atoms with van der Waals surface area (Å²) in [5.41, 5.74) is -1.95. The lowest BCUT2D eigenvalue weighted by Crippen LogP contribution is -2.15. The van der Waals surface area contributed by atoms with Crippen LogP contribution in [0.15, 0.2) is 55.6 Å². The molecule has 12 nitrogen and oxygen atoms in total. The number of ether oxygens (including phenoxy) is 4. The lowest BCUT2D eigenvalue weighted by atomic mass is 9.89. The van der Waals surface area contributed by atoms with Gasteiger partial charge in [-0.1, -0.05) is 38.8 Å². The molecular weight excluding hydrogens is 705 g/mol. The Bertz CT molecular complexity index is 2710. The molecule has 0 spiro atoms. The summed E-state index contributed by atoms with van der Waals surface area (Å²) in [6, 6.07) is 10.6. The zero-order valence-corrected chi connectivity index (χ0v) is 30.0. The molecule has 52 heavy (non-hydrogen) atoms. The molecule has 0 unspecified atom stereocenters. The molecule has 0 aliphatic heterocycles. The van der Waals surface area contributed by atoms with Gasteiger partial charge in [-0.05, 0) is 47.9 Å². The van der Waals surface area contributed by atoms with Gasteiger partial charge in [0.2, 0.25) is 21.7 Å². The van der Waals surface area contributed by atoms with Gasteiger partial charge in [-0.15, -0.1) is 0 Å². The molecule has 2 heterocycles. The van der Waals surface area contributed by atoms with E-state index in [9.17, 15) is 19.2 Å². The van der Waals surface area contributed by atoms with Crippen LogP contribution in [0.25, 0.3) is 75.9 Å². The fraction of sp³-hybridized carbons (Fsp3) is 0.316. The van der Waals surface area contributed by atoms with Gasteiger partial charge in [-0.2, -0.15) is 17.5 Å². The number of benzene rings is 6. The molecule has 0 aliphatic rings. The van der Waals surface area contributed by atoms with Crippen molar-refractivity contribution in [1.82, 2.24) is 17.5 Å². The van der Waals surface area contributed by atoms with Crippen molar-refractivity contribution in [1.29, 1.82) is 0 Å². The molecule has 0 N–H and O–H groups in total. The normalized spacial score (nSPS) is 12.1. The van der Waals surface area contributed by atoms with E-state index in [4.69, 9.17) is 18.9 Å². The maximum Gasteiger partial charge on any atom is 0.216 e. The predicted molar refractivity (Wildman–Crippen MR) is 206 cm³/mol. The van der Waals surface area contributed by atoms with E-state index in [0.717, 1.165) is 49.1 Å².